The first-order valence-corrected chi connectivity index (χ1v) is 15.7. The Labute approximate surface area is 264 Å². The van der Waals surface area contributed by atoms with E-state index in [1.807, 2.05) is 12.1 Å². The Morgan fingerprint density at radius 2 is 1.39 bits per heavy atom. The molecule has 0 saturated heterocycles. The molecule has 0 bridgehead atoms. The van der Waals surface area contributed by atoms with Crippen molar-refractivity contribution in [2.24, 2.45) is 0 Å². The standard InChI is InChI=1S/C35H33Cl2N2.BF4/c1-3-5-22-38-30(26-14-10-12-24-28(36)18-20-32(38)34(24)26)16-8-7-9-17-31-27-15-11-13-25-29(37)19-21-33(35(25)27)39(31)23-6-4-2;2-1(3,4)5/h7-21H,3-6,22-23H2,1-2H3;/q+1;-1. The summed E-state index contributed by atoms with van der Waals surface area (Å²) in [5, 5.41) is 8.88. The summed E-state index contributed by atoms with van der Waals surface area (Å²) < 4.78 is 43.9. The molecular weight excluding hydrogens is 606 g/mol. The van der Waals surface area contributed by atoms with E-state index in [-0.39, 0.29) is 0 Å². The van der Waals surface area contributed by atoms with Gasteiger partial charge in [-0.2, -0.15) is 4.58 Å². The van der Waals surface area contributed by atoms with Crippen molar-refractivity contribution in [3.05, 3.63) is 106 Å². The Morgan fingerprint density at radius 1 is 0.750 bits per heavy atom. The van der Waals surface area contributed by atoms with Crippen LogP contribution in [0.3, 0.4) is 0 Å². The summed E-state index contributed by atoms with van der Waals surface area (Å²) in [7, 11) is -6.00. The third-order valence-corrected chi connectivity index (χ3v) is 8.51. The van der Waals surface area contributed by atoms with Crippen LogP contribution in [-0.2, 0) is 6.54 Å². The number of allylic oxidation sites excluding steroid dienone is 4. The molecule has 0 N–H and O–H groups in total. The fourth-order valence-electron chi connectivity index (χ4n) is 5.96. The minimum absolute atomic E-state index is 0.810. The molecule has 2 nitrogen and oxygen atoms in total. The molecule has 0 aliphatic carbocycles. The Bertz CT molecular complexity index is 1970. The van der Waals surface area contributed by atoms with Crippen molar-refractivity contribution in [2.45, 2.75) is 46.1 Å². The van der Waals surface area contributed by atoms with Crippen molar-refractivity contribution in [2.75, 3.05) is 6.54 Å². The molecule has 0 amide bonds. The molecule has 4 aromatic carbocycles. The molecular formula is C35H33BCl2F4N2. The number of aryl methyl sites for hydroxylation is 1. The fraction of sp³-hybridized carbons (Fsp3) is 0.229. The van der Waals surface area contributed by atoms with E-state index in [2.05, 4.69) is 102 Å². The highest BCUT2D eigenvalue weighted by atomic mass is 35.5. The largest absolute Gasteiger partial charge is 0.673 e. The van der Waals surface area contributed by atoms with E-state index in [0.29, 0.717) is 0 Å². The van der Waals surface area contributed by atoms with Crippen molar-refractivity contribution in [1.82, 2.24) is 4.57 Å². The van der Waals surface area contributed by atoms with Crippen LogP contribution < -0.4 is 5.35 Å². The summed E-state index contributed by atoms with van der Waals surface area (Å²) in [5.74, 6) is 0. The van der Waals surface area contributed by atoms with Gasteiger partial charge >= 0.3 is 7.25 Å². The molecule has 0 spiro atoms. The van der Waals surface area contributed by atoms with Crippen LogP contribution in [0.15, 0.2) is 85.0 Å². The van der Waals surface area contributed by atoms with Gasteiger partial charge in [-0.3, -0.25) is 0 Å². The average molecular weight is 639 g/mol. The minimum Gasteiger partial charge on any atom is -0.418 e. The van der Waals surface area contributed by atoms with Crippen LogP contribution in [0.5, 0.6) is 0 Å². The van der Waals surface area contributed by atoms with Gasteiger partial charge in [-0.1, -0.05) is 98.5 Å². The Hall–Kier alpha value is -3.55. The number of hydrogen-bond acceptors (Lipinski definition) is 0. The third kappa shape index (κ3) is 6.59. The number of unbranched alkanes of at least 4 members (excludes halogenated alkanes) is 2. The molecule has 1 aliphatic heterocycles. The molecule has 0 atom stereocenters. The van der Waals surface area contributed by atoms with E-state index in [0.717, 1.165) is 59.6 Å². The van der Waals surface area contributed by atoms with Crippen LogP contribution in [0.2, 0.25) is 10.0 Å². The van der Waals surface area contributed by atoms with Gasteiger partial charge in [0.25, 0.3) is 0 Å². The van der Waals surface area contributed by atoms with Gasteiger partial charge in [0.15, 0.2) is 0 Å². The van der Waals surface area contributed by atoms with Gasteiger partial charge in [0.2, 0.25) is 11.4 Å². The van der Waals surface area contributed by atoms with Crippen molar-refractivity contribution in [3.63, 3.8) is 0 Å². The summed E-state index contributed by atoms with van der Waals surface area (Å²) in [6, 6.07) is 21.3. The first-order valence-electron chi connectivity index (χ1n) is 14.9. The molecule has 1 aliphatic rings. The lowest BCUT2D eigenvalue weighted by molar-refractivity contribution is -0.436. The van der Waals surface area contributed by atoms with Gasteiger partial charge in [-0.05, 0) is 36.8 Å². The van der Waals surface area contributed by atoms with E-state index in [1.54, 1.807) is 0 Å². The Kier molecular flexibility index (Phi) is 9.86. The van der Waals surface area contributed by atoms with Gasteiger partial charge in [0.05, 0.1) is 10.9 Å². The zero-order valence-corrected chi connectivity index (χ0v) is 26.2. The molecule has 5 aromatic rings. The summed E-state index contributed by atoms with van der Waals surface area (Å²) in [6.45, 7) is 6.47. The molecule has 1 aromatic heterocycles. The Morgan fingerprint density at radius 3 is 2.09 bits per heavy atom. The normalized spacial score (nSPS) is 13.9. The molecule has 0 radical (unpaired) electrons. The molecule has 6 rings (SSSR count). The maximum Gasteiger partial charge on any atom is 0.673 e. The second-order valence-electron chi connectivity index (χ2n) is 10.8. The number of hydrogen-bond donors (Lipinski definition) is 0. The van der Waals surface area contributed by atoms with Crippen LogP contribution in [0.25, 0.3) is 38.5 Å². The number of rotatable bonds is 9. The Balaban J connectivity index is 0.000000712. The first kappa shape index (κ1) is 31.9. The number of halogens is 6. The van der Waals surface area contributed by atoms with Crippen molar-refractivity contribution >= 4 is 80.4 Å². The highest BCUT2D eigenvalue weighted by Gasteiger charge is 2.30. The van der Waals surface area contributed by atoms with E-state index < -0.39 is 7.25 Å². The van der Waals surface area contributed by atoms with Crippen LogP contribution in [0.4, 0.5) is 23.0 Å². The summed E-state index contributed by atoms with van der Waals surface area (Å²) in [5.41, 5.74) is 5.00. The van der Waals surface area contributed by atoms with Crippen LogP contribution in [0.1, 0.15) is 45.1 Å². The summed E-state index contributed by atoms with van der Waals surface area (Å²) >= 11 is 13.2. The molecule has 0 unspecified atom stereocenters. The van der Waals surface area contributed by atoms with E-state index in [4.69, 9.17) is 23.2 Å². The quantitative estimate of drug-likeness (QED) is 0.0657. The average Bonchev–Trinajstić information content (AvgIpc) is 3.46. The lowest BCUT2D eigenvalue weighted by atomic mass is 10.0. The maximum atomic E-state index is 9.75. The summed E-state index contributed by atoms with van der Waals surface area (Å²) in [4.78, 5) is 0. The van der Waals surface area contributed by atoms with Crippen LogP contribution in [0, 0.1) is 0 Å². The zero-order valence-electron chi connectivity index (χ0n) is 24.6. The second kappa shape index (κ2) is 13.6. The molecule has 228 valence electrons. The van der Waals surface area contributed by atoms with Crippen LogP contribution >= 0.6 is 23.2 Å². The molecule has 9 heteroatoms. The highest BCUT2D eigenvalue weighted by Crippen LogP contribution is 2.39. The lowest BCUT2D eigenvalue weighted by Crippen LogP contribution is -2.16. The smallest absolute Gasteiger partial charge is 0.418 e. The topological polar surface area (TPSA) is 7.94 Å². The molecule has 2 heterocycles. The van der Waals surface area contributed by atoms with Gasteiger partial charge in [-0.25, -0.2) is 0 Å². The third-order valence-electron chi connectivity index (χ3n) is 7.85. The monoisotopic (exact) mass is 638 g/mol. The van der Waals surface area contributed by atoms with Crippen LogP contribution in [-0.4, -0.2) is 28.7 Å². The molecule has 0 fully saturated rings. The maximum absolute atomic E-state index is 9.75. The van der Waals surface area contributed by atoms with Gasteiger partial charge in [0.1, 0.15) is 6.54 Å². The highest BCUT2D eigenvalue weighted by molar-refractivity contribution is 6.50. The van der Waals surface area contributed by atoms with Gasteiger partial charge < -0.3 is 21.8 Å². The SMILES string of the molecule is CCCCn1c(=CC=CC=CC2=[N+](CCCC)c3ccc(Cl)c4cccc2c34)c2cccc3c(Cl)ccc1c32.F[B-](F)(F)F. The van der Waals surface area contributed by atoms with Crippen molar-refractivity contribution < 1.29 is 21.8 Å². The summed E-state index contributed by atoms with van der Waals surface area (Å²) in [6.07, 6.45) is 15.5. The predicted molar refractivity (Wildman–Crippen MR) is 180 cm³/mol. The fourth-order valence-corrected chi connectivity index (χ4v) is 6.40. The lowest BCUT2D eigenvalue weighted by Gasteiger charge is -2.06. The predicted octanol–water partition coefficient (Wildman–Crippen LogP) is 10.9. The second-order valence-corrected chi connectivity index (χ2v) is 11.6. The van der Waals surface area contributed by atoms with Gasteiger partial charge in [-0.15, -0.1) is 0 Å². The molecule has 0 saturated carbocycles. The number of aromatic nitrogens is 1. The number of benzene rings is 4. The van der Waals surface area contributed by atoms with E-state index >= 15 is 0 Å². The van der Waals surface area contributed by atoms with E-state index in [9.17, 15) is 17.3 Å². The van der Waals surface area contributed by atoms with Crippen molar-refractivity contribution in [1.29, 1.82) is 0 Å². The zero-order chi connectivity index (χ0) is 31.4. The first-order chi connectivity index (χ1) is 21.1. The van der Waals surface area contributed by atoms with E-state index in [1.165, 1.54) is 44.0 Å². The van der Waals surface area contributed by atoms with Gasteiger partial charge in [0, 0.05) is 67.6 Å². The van der Waals surface area contributed by atoms with Crippen molar-refractivity contribution in [3.8, 4) is 0 Å². The number of nitrogens with zero attached hydrogens (tertiary/aromatic N) is 2. The molecule has 44 heavy (non-hydrogen) atoms. The minimum atomic E-state index is -6.00.